The Balaban J connectivity index is 2.41. The van der Waals surface area contributed by atoms with Gasteiger partial charge in [-0.1, -0.05) is 77.6 Å². The molecule has 0 aliphatic rings. The molecule has 0 bridgehead atoms. The lowest BCUT2D eigenvalue weighted by Gasteiger charge is -2.18. The van der Waals surface area contributed by atoms with E-state index < -0.39 is 0 Å². The van der Waals surface area contributed by atoms with Gasteiger partial charge in [0.05, 0.1) is 0 Å². The van der Waals surface area contributed by atoms with Crippen LogP contribution >= 0.6 is 0 Å². The van der Waals surface area contributed by atoms with Crippen molar-refractivity contribution in [3.05, 3.63) is 57.6 Å². The van der Waals surface area contributed by atoms with Crippen LogP contribution in [0, 0.1) is 0 Å². The molecule has 0 saturated carbocycles. The number of hydrogen-bond donors (Lipinski definition) is 2. The molecule has 0 aromatic heterocycles. The molecule has 4 N–H and O–H groups in total. The van der Waals surface area contributed by atoms with Gasteiger partial charge >= 0.3 is 0 Å². The van der Waals surface area contributed by atoms with Gasteiger partial charge in [0.15, 0.2) is 0 Å². The Morgan fingerprint density at radius 1 is 0.548 bits per heavy atom. The van der Waals surface area contributed by atoms with Gasteiger partial charge in [-0.05, 0) is 91.2 Å². The van der Waals surface area contributed by atoms with Crippen LogP contribution in [0.2, 0.25) is 0 Å². The van der Waals surface area contributed by atoms with E-state index in [0.717, 1.165) is 43.5 Å². The maximum Gasteiger partial charge on any atom is 0.0382 e. The van der Waals surface area contributed by atoms with Crippen molar-refractivity contribution in [3.63, 3.8) is 0 Å². The average Bonchev–Trinajstić information content (AvgIpc) is 2.77. The largest absolute Gasteiger partial charge is 0.398 e. The van der Waals surface area contributed by atoms with Gasteiger partial charge in [-0.2, -0.15) is 0 Å². The van der Waals surface area contributed by atoms with Crippen molar-refractivity contribution in [2.75, 3.05) is 11.5 Å². The Kier molecular flexibility index (Phi) is 11.0. The number of hydrogen-bond acceptors (Lipinski definition) is 2. The summed E-state index contributed by atoms with van der Waals surface area (Å²) in [6.45, 7) is 9.01. The van der Waals surface area contributed by atoms with E-state index >= 15 is 0 Å². The second kappa shape index (κ2) is 13.5. The number of aryl methyl sites for hydroxylation is 3. The van der Waals surface area contributed by atoms with Crippen LogP contribution in [0.15, 0.2) is 24.3 Å². The molecule has 0 unspecified atom stereocenters. The SMILES string of the molecule is CCCCc1cc(Cc2ccc(CCCC)c(N)c2CCCC)cc(CCCC)c1N. The van der Waals surface area contributed by atoms with Gasteiger partial charge in [-0.25, -0.2) is 0 Å². The molecule has 0 fully saturated rings. The van der Waals surface area contributed by atoms with Crippen LogP contribution in [0.1, 0.15) is 112 Å². The third kappa shape index (κ3) is 7.30. The van der Waals surface area contributed by atoms with Crippen LogP contribution in [0.25, 0.3) is 0 Å². The zero-order valence-electron chi connectivity index (χ0n) is 20.7. The van der Waals surface area contributed by atoms with E-state index in [-0.39, 0.29) is 0 Å². The number of benzene rings is 2. The highest BCUT2D eigenvalue weighted by Gasteiger charge is 2.14. The highest BCUT2D eigenvalue weighted by molar-refractivity contribution is 5.60. The van der Waals surface area contributed by atoms with E-state index in [2.05, 4.69) is 52.0 Å². The number of rotatable bonds is 14. The van der Waals surface area contributed by atoms with E-state index in [1.165, 1.54) is 84.7 Å². The number of anilines is 2. The van der Waals surface area contributed by atoms with E-state index in [1.807, 2.05) is 0 Å². The van der Waals surface area contributed by atoms with Crippen molar-refractivity contribution < 1.29 is 0 Å². The van der Waals surface area contributed by atoms with E-state index in [0.29, 0.717) is 0 Å². The quantitative estimate of drug-likeness (QED) is 0.305. The first-order valence-electron chi connectivity index (χ1n) is 12.8. The standard InChI is InChI=1S/C29H46N2/c1-5-9-13-23-17-18-24(27(29(23)31)16-12-8-4)19-22-20-25(14-10-6-2)28(30)26(21-22)15-11-7-3/h17-18,20-21H,5-16,19,30-31H2,1-4H3. The van der Waals surface area contributed by atoms with E-state index in [1.54, 1.807) is 0 Å². The van der Waals surface area contributed by atoms with Gasteiger partial charge in [0.2, 0.25) is 0 Å². The molecule has 0 amide bonds. The fourth-order valence-electron chi connectivity index (χ4n) is 4.48. The molecule has 2 heteroatoms. The molecule has 2 nitrogen and oxygen atoms in total. The summed E-state index contributed by atoms with van der Waals surface area (Å²) in [5.41, 5.74) is 23.6. The van der Waals surface area contributed by atoms with Crippen molar-refractivity contribution >= 4 is 11.4 Å². The van der Waals surface area contributed by atoms with Crippen molar-refractivity contribution in [2.45, 2.75) is 111 Å². The molecule has 0 atom stereocenters. The van der Waals surface area contributed by atoms with Crippen LogP contribution in [0.3, 0.4) is 0 Å². The molecular formula is C29H46N2. The molecule has 2 aromatic rings. The minimum atomic E-state index is 0.954. The molecule has 2 aromatic carbocycles. The Morgan fingerprint density at radius 3 is 1.52 bits per heavy atom. The van der Waals surface area contributed by atoms with Crippen molar-refractivity contribution in [2.24, 2.45) is 0 Å². The smallest absolute Gasteiger partial charge is 0.0382 e. The lowest BCUT2D eigenvalue weighted by atomic mass is 9.89. The maximum absolute atomic E-state index is 6.71. The molecule has 0 aliphatic heterocycles. The van der Waals surface area contributed by atoms with Crippen LogP contribution in [-0.2, 0) is 32.1 Å². The first-order valence-corrected chi connectivity index (χ1v) is 12.8. The van der Waals surface area contributed by atoms with Crippen LogP contribution < -0.4 is 11.5 Å². The maximum atomic E-state index is 6.71. The van der Waals surface area contributed by atoms with Crippen LogP contribution in [0.5, 0.6) is 0 Å². The Morgan fingerprint density at radius 2 is 1.00 bits per heavy atom. The minimum Gasteiger partial charge on any atom is -0.398 e. The molecular weight excluding hydrogens is 376 g/mol. The number of unbranched alkanes of at least 4 members (excludes halogenated alkanes) is 4. The molecule has 2 rings (SSSR count). The van der Waals surface area contributed by atoms with E-state index in [4.69, 9.17) is 11.5 Å². The predicted molar refractivity (Wildman–Crippen MR) is 139 cm³/mol. The predicted octanol–water partition coefficient (Wildman–Crippen LogP) is 7.81. The Bertz CT molecular complexity index is 778. The van der Waals surface area contributed by atoms with Gasteiger partial charge < -0.3 is 11.5 Å². The number of nitrogen functional groups attached to an aromatic ring is 2. The summed E-state index contributed by atoms with van der Waals surface area (Å²) >= 11 is 0. The van der Waals surface area contributed by atoms with Gasteiger partial charge in [0, 0.05) is 11.4 Å². The minimum absolute atomic E-state index is 0.954. The summed E-state index contributed by atoms with van der Waals surface area (Å²) in [5, 5.41) is 0. The lowest BCUT2D eigenvalue weighted by Crippen LogP contribution is -2.07. The fourth-order valence-corrected chi connectivity index (χ4v) is 4.48. The molecule has 0 radical (unpaired) electrons. The average molecular weight is 423 g/mol. The van der Waals surface area contributed by atoms with Crippen molar-refractivity contribution in [3.8, 4) is 0 Å². The third-order valence-corrected chi connectivity index (χ3v) is 6.53. The fraction of sp³-hybridized carbons (Fsp3) is 0.586. The molecule has 172 valence electrons. The second-order valence-electron chi connectivity index (χ2n) is 9.19. The molecule has 0 heterocycles. The van der Waals surface area contributed by atoms with Gasteiger partial charge in [0.1, 0.15) is 0 Å². The second-order valence-corrected chi connectivity index (χ2v) is 9.19. The van der Waals surface area contributed by atoms with Gasteiger partial charge in [-0.15, -0.1) is 0 Å². The summed E-state index contributed by atoms with van der Waals surface area (Å²) in [4.78, 5) is 0. The topological polar surface area (TPSA) is 52.0 Å². The summed E-state index contributed by atoms with van der Waals surface area (Å²) < 4.78 is 0. The summed E-state index contributed by atoms with van der Waals surface area (Å²) in [7, 11) is 0. The highest BCUT2D eigenvalue weighted by Crippen LogP contribution is 2.30. The van der Waals surface area contributed by atoms with Gasteiger partial charge in [-0.3, -0.25) is 0 Å². The lowest BCUT2D eigenvalue weighted by molar-refractivity contribution is 0.776. The zero-order valence-corrected chi connectivity index (χ0v) is 20.7. The third-order valence-electron chi connectivity index (χ3n) is 6.53. The number of nitrogens with two attached hydrogens (primary N) is 2. The zero-order chi connectivity index (χ0) is 22.6. The Hall–Kier alpha value is -1.96. The van der Waals surface area contributed by atoms with Crippen LogP contribution in [0.4, 0.5) is 11.4 Å². The first kappa shape index (κ1) is 25.3. The Labute approximate surface area is 191 Å². The van der Waals surface area contributed by atoms with E-state index in [9.17, 15) is 0 Å². The monoisotopic (exact) mass is 422 g/mol. The highest BCUT2D eigenvalue weighted by atomic mass is 14.6. The first-order chi connectivity index (χ1) is 15.0. The molecule has 0 spiro atoms. The normalized spacial score (nSPS) is 11.2. The van der Waals surface area contributed by atoms with Crippen LogP contribution in [-0.4, -0.2) is 0 Å². The summed E-state index contributed by atoms with van der Waals surface area (Å²) in [6.07, 6.45) is 14.9. The van der Waals surface area contributed by atoms with Crippen molar-refractivity contribution in [1.82, 2.24) is 0 Å². The van der Waals surface area contributed by atoms with Crippen molar-refractivity contribution in [1.29, 1.82) is 0 Å². The molecule has 0 saturated heterocycles. The summed E-state index contributed by atoms with van der Waals surface area (Å²) in [6, 6.07) is 9.36. The molecule has 0 aliphatic carbocycles. The summed E-state index contributed by atoms with van der Waals surface area (Å²) in [5.74, 6) is 0. The van der Waals surface area contributed by atoms with Gasteiger partial charge in [0.25, 0.3) is 0 Å². The molecule has 31 heavy (non-hydrogen) atoms.